The molecule has 0 saturated carbocycles. The second-order valence-corrected chi connectivity index (χ2v) is 6.30. The second kappa shape index (κ2) is 7.59. The predicted octanol–water partition coefficient (Wildman–Crippen LogP) is 2.12. The standard InChI is InChI=1S/C18H24N4O2/c1-21-16-7-5-14(6-8-18(23)20-24)13-15(16)19-17(21)9-12-22-10-3-2-4-11-22/h5-8,13,24H,2-4,9-12H2,1H3,(H,20,23)/b8-6+. The van der Waals surface area contributed by atoms with Crippen LogP contribution in [0.2, 0.25) is 0 Å². The number of hydrogen-bond donors (Lipinski definition) is 2. The minimum Gasteiger partial charge on any atom is -0.331 e. The van der Waals surface area contributed by atoms with Gasteiger partial charge in [-0.25, -0.2) is 10.5 Å². The molecule has 24 heavy (non-hydrogen) atoms. The van der Waals surface area contributed by atoms with Crippen molar-refractivity contribution in [3.8, 4) is 0 Å². The Morgan fingerprint density at radius 3 is 2.88 bits per heavy atom. The lowest BCUT2D eigenvalue weighted by Gasteiger charge is -2.26. The number of likely N-dealkylation sites (tertiary alicyclic amines) is 1. The maximum absolute atomic E-state index is 11.1. The Balaban J connectivity index is 1.73. The van der Waals surface area contributed by atoms with Crippen LogP contribution < -0.4 is 5.48 Å². The molecule has 2 N–H and O–H groups in total. The van der Waals surface area contributed by atoms with E-state index in [2.05, 4.69) is 16.5 Å². The number of piperidine rings is 1. The van der Waals surface area contributed by atoms with Crippen molar-refractivity contribution in [3.63, 3.8) is 0 Å². The molecule has 0 unspecified atom stereocenters. The number of rotatable bonds is 5. The fourth-order valence-electron chi connectivity index (χ4n) is 3.24. The van der Waals surface area contributed by atoms with Gasteiger partial charge in [-0.3, -0.25) is 10.0 Å². The van der Waals surface area contributed by atoms with Crippen molar-refractivity contribution in [2.45, 2.75) is 25.7 Å². The molecule has 1 aliphatic heterocycles. The van der Waals surface area contributed by atoms with Gasteiger partial charge in [0.1, 0.15) is 5.82 Å². The zero-order chi connectivity index (χ0) is 16.9. The molecule has 128 valence electrons. The van der Waals surface area contributed by atoms with Crippen molar-refractivity contribution < 1.29 is 10.0 Å². The molecule has 6 nitrogen and oxygen atoms in total. The number of fused-ring (bicyclic) bond motifs is 1. The van der Waals surface area contributed by atoms with Crippen molar-refractivity contribution >= 4 is 23.0 Å². The van der Waals surface area contributed by atoms with Crippen molar-refractivity contribution in [3.05, 3.63) is 35.7 Å². The summed E-state index contributed by atoms with van der Waals surface area (Å²) in [7, 11) is 2.05. The maximum atomic E-state index is 11.1. The van der Waals surface area contributed by atoms with Gasteiger partial charge in [0.15, 0.2) is 0 Å². The van der Waals surface area contributed by atoms with Crippen LogP contribution in [0.5, 0.6) is 0 Å². The van der Waals surface area contributed by atoms with Gasteiger partial charge in [-0.15, -0.1) is 0 Å². The van der Waals surface area contributed by atoms with Gasteiger partial charge >= 0.3 is 0 Å². The molecule has 2 aromatic rings. The summed E-state index contributed by atoms with van der Waals surface area (Å²) in [5.74, 6) is 0.545. The number of hydrogen-bond acceptors (Lipinski definition) is 4. The Morgan fingerprint density at radius 2 is 2.12 bits per heavy atom. The quantitative estimate of drug-likeness (QED) is 0.501. The van der Waals surface area contributed by atoms with Crippen LogP contribution in [0.4, 0.5) is 0 Å². The number of carbonyl (C=O) groups excluding carboxylic acids is 1. The molecule has 1 fully saturated rings. The van der Waals surface area contributed by atoms with Crippen LogP contribution in [0.1, 0.15) is 30.7 Å². The summed E-state index contributed by atoms with van der Waals surface area (Å²) >= 11 is 0. The Kier molecular flexibility index (Phi) is 5.27. The zero-order valence-corrected chi connectivity index (χ0v) is 14.0. The molecule has 2 heterocycles. The van der Waals surface area contributed by atoms with Gasteiger partial charge in [0.05, 0.1) is 11.0 Å². The molecule has 0 aliphatic carbocycles. The van der Waals surface area contributed by atoms with E-state index >= 15 is 0 Å². The first-order valence-corrected chi connectivity index (χ1v) is 8.47. The predicted molar refractivity (Wildman–Crippen MR) is 93.7 cm³/mol. The van der Waals surface area contributed by atoms with Crippen LogP contribution in [0.25, 0.3) is 17.1 Å². The van der Waals surface area contributed by atoms with E-state index in [1.807, 2.05) is 18.2 Å². The highest BCUT2D eigenvalue weighted by Gasteiger charge is 2.13. The van der Waals surface area contributed by atoms with E-state index in [4.69, 9.17) is 10.2 Å². The topological polar surface area (TPSA) is 70.4 Å². The molecule has 1 amide bonds. The lowest BCUT2D eigenvalue weighted by atomic mass is 10.1. The molecule has 6 heteroatoms. The summed E-state index contributed by atoms with van der Waals surface area (Å²) in [6.07, 6.45) is 7.87. The monoisotopic (exact) mass is 328 g/mol. The van der Waals surface area contributed by atoms with Gasteiger partial charge in [0.2, 0.25) is 0 Å². The first-order valence-electron chi connectivity index (χ1n) is 8.47. The molecular formula is C18H24N4O2. The normalized spacial score (nSPS) is 16.1. The van der Waals surface area contributed by atoms with Gasteiger partial charge in [0, 0.05) is 26.1 Å². The van der Waals surface area contributed by atoms with Crippen molar-refractivity contribution in [1.82, 2.24) is 19.9 Å². The number of hydroxylamine groups is 1. The summed E-state index contributed by atoms with van der Waals surface area (Å²) in [6, 6.07) is 5.92. The van der Waals surface area contributed by atoms with E-state index < -0.39 is 5.91 Å². The Hall–Kier alpha value is -2.18. The fraction of sp³-hybridized carbons (Fsp3) is 0.444. The van der Waals surface area contributed by atoms with E-state index in [0.717, 1.165) is 35.4 Å². The molecule has 1 aromatic heterocycles. The van der Waals surface area contributed by atoms with E-state index in [9.17, 15) is 4.79 Å². The number of aromatic nitrogens is 2. The molecule has 3 rings (SSSR count). The Labute approximate surface area is 141 Å². The van der Waals surface area contributed by atoms with Gasteiger partial charge in [-0.1, -0.05) is 12.5 Å². The van der Waals surface area contributed by atoms with Crippen LogP contribution in [-0.2, 0) is 18.3 Å². The van der Waals surface area contributed by atoms with Crippen LogP contribution in [0, 0.1) is 0 Å². The number of nitrogens with one attached hydrogen (secondary N) is 1. The smallest absolute Gasteiger partial charge is 0.267 e. The summed E-state index contributed by atoms with van der Waals surface area (Å²) in [4.78, 5) is 18.3. The number of benzene rings is 1. The van der Waals surface area contributed by atoms with Crippen LogP contribution >= 0.6 is 0 Å². The van der Waals surface area contributed by atoms with Crippen molar-refractivity contribution in [1.29, 1.82) is 0 Å². The number of imidazole rings is 1. The summed E-state index contributed by atoms with van der Waals surface area (Å²) in [5, 5.41) is 8.52. The molecule has 1 saturated heterocycles. The lowest BCUT2D eigenvalue weighted by molar-refractivity contribution is -0.124. The molecule has 0 radical (unpaired) electrons. The highest BCUT2D eigenvalue weighted by Crippen LogP contribution is 2.18. The zero-order valence-electron chi connectivity index (χ0n) is 14.0. The van der Waals surface area contributed by atoms with Gasteiger partial charge in [-0.05, 0) is 49.7 Å². The average Bonchev–Trinajstić information content (AvgIpc) is 2.94. The maximum Gasteiger partial charge on any atom is 0.267 e. The molecule has 1 aliphatic rings. The van der Waals surface area contributed by atoms with E-state index in [1.54, 1.807) is 11.6 Å². The van der Waals surface area contributed by atoms with Crippen molar-refractivity contribution in [2.24, 2.45) is 7.05 Å². The summed E-state index contributed by atoms with van der Waals surface area (Å²) in [6.45, 7) is 3.46. The van der Waals surface area contributed by atoms with Gasteiger partial charge < -0.3 is 9.47 Å². The third-order valence-electron chi connectivity index (χ3n) is 4.64. The minimum atomic E-state index is -0.543. The molecule has 0 bridgehead atoms. The largest absolute Gasteiger partial charge is 0.331 e. The SMILES string of the molecule is Cn1c(CCN2CCCCC2)nc2cc(/C=C/C(=O)NO)ccc21. The third-order valence-corrected chi connectivity index (χ3v) is 4.64. The second-order valence-electron chi connectivity index (χ2n) is 6.30. The van der Waals surface area contributed by atoms with Gasteiger partial charge in [0.25, 0.3) is 5.91 Å². The third kappa shape index (κ3) is 3.83. The minimum absolute atomic E-state index is 0.543. The highest BCUT2D eigenvalue weighted by atomic mass is 16.5. The molecular weight excluding hydrogens is 304 g/mol. The van der Waals surface area contributed by atoms with E-state index in [0.29, 0.717) is 0 Å². The number of carbonyl (C=O) groups is 1. The number of nitrogens with zero attached hydrogens (tertiary/aromatic N) is 3. The van der Waals surface area contributed by atoms with Crippen LogP contribution in [0.3, 0.4) is 0 Å². The number of aryl methyl sites for hydroxylation is 1. The first kappa shape index (κ1) is 16.7. The van der Waals surface area contributed by atoms with Crippen molar-refractivity contribution in [2.75, 3.05) is 19.6 Å². The Morgan fingerprint density at radius 1 is 1.33 bits per heavy atom. The lowest BCUT2D eigenvalue weighted by Crippen LogP contribution is -2.31. The van der Waals surface area contributed by atoms with E-state index in [-0.39, 0.29) is 0 Å². The average molecular weight is 328 g/mol. The summed E-state index contributed by atoms with van der Waals surface area (Å²) in [5.41, 5.74) is 4.48. The van der Waals surface area contributed by atoms with E-state index in [1.165, 1.54) is 38.4 Å². The summed E-state index contributed by atoms with van der Waals surface area (Å²) < 4.78 is 2.15. The molecule has 1 aromatic carbocycles. The first-order chi connectivity index (χ1) is 11.7. The fourth-order valence-corrected chi connectivity index (χ4v) is 3.24. The van der Waals surface area contributed by atoms with Gasteiger partial charge in [-0.2, -0.15) is 0 Å². The highest BCUT2D eigenvalue weighted by molar-refractivity contribution is 5.91. The van der Waals surface area contributed by atoms with Crippen LogP contribution in [-0.4, -0.2) is 45.2 Å². The Bertz CT molecular complexity index is 745. The molecule has 0 atom stereocenters. The molecule has 0 spiro atoms. The number of amides is 1. The van der Waals surface area contributed by atoms with Crippen LogP contribution in [0.15, 0.2) is 24.3 Å².